The van der Waals surface area contributed by atoms with E-state index in [4.69, 9.17) is 4.74 Å². The quantitative estimate of drug-likeness (QED) is 0.719. The highest BCUT2D eigenvalue weighted by atomic mass is 16.5. The second-order valence-corrected chi connectivity index (χ2v) is 4.64. The van der Waals surface area contributed by atoms with Crippen molar-refractivity contribution in [3.8, 4) is 0 Å². The van der Waals surface area contributed by atoms with Gasteiger partial charge in [0.15, 0.2) is 0 Å². The summed E-state index contributed by atoms with van der Waals surface area (Å²) < 4.78 is 5.24. The molecule has 0 aromatic carbocycles. The number of hydrogen-bond acceptors (Lipinski definition) is 5. The van der Waals surface area contributed by atoms with Crippen molar-refractivity contribution < 1.29 is 4.74 Å². The van der Waals surface area contributed by atoms with Crippen molar-refractivity contribution in [2.75, 3.05) is 31.4 Å². The Kier molecular flexibility index (Phi) is 7.18. The van der Waals surface area contributed by atoms with E-state index in [1.165, 1.54) is 0 Å². The fourth-order valence-corrected chi connectivity index (χ4v) is 1.99. The molecule has 1 heterocycles. The van der Waals surface area contributed by atoms with Gasteiger partial charge in [0.2, 0.25) is 0 Å². The molecule has 108 valence electrons. The average molecular weight is 266 g/mol. The monoisotopic (exact) mass is 266 g/mol. The molecule has 0 fully saturated rings. The van der Waals surface area contributed by atoms with E-state index in [1.807, 2.05) is 13.1 Å². The lowest BCUT2D eigenvalue weighted by molar-refractivity contribution is 0.182. The number of nitrogens with zero attached hydrogens (tertiary/aromatic N) is 2. The van der Waals surface area contributed by atoms with Gasteiger partial charge < -0.3 is 15.4 Å². The zero-order valence-corrected chi connectivity index (χ0v) is 12.5. The van der Waals surface area contributed by atoms with Gasteiger partial charge in [0.25, 0.3) is 0 Å². The van der Waals surface area contributed by atoms with Crippen LogP contribution in [0, 0.1) is 0 Å². The van der Waals surface area contributed by atoms with Crippen molar-refractivity contribution >= 4 is 11.6 Å². The lowest BCUT2D eigenvalue weighted by Crippen LogP contribution is -2.25. The molecule has 0 amide bonds. The van der Waals surface area contributed by atoms with Crippen molar-refractivity contribution in [2.24, 2.45) is 0 Å². The Hall–Kier alpha value is -1.36. The van der Waals surface area contributed by atoms with Gasteiger partial charge in [-0.25, -0.2) is 9.97 Å². The average Bonchev–Trinajstić information content (AvgIpc) is 2.39. The third-order valence-corrected chi connectivity index (χ3v) is 2.86. The molecule has 0 bridgehead atoms. The van der Waals surface area contributed by atoms with Crippen molar-refractivity contribution in [3.63, 3.8) is 0 Å². The molecule has 0 aliphatic heterocycles. The number of anilines is 2. The molecule has 1 aromatic heterocycles. The van der Waals surface area contributed by atoms with Crippen LogP contribution in [0.25, 0.3) is 0 Å². The second kappa shape index (κ2) is 8.69. The first kappa shape index (κ1) is 15.7. The molecule has 1 rings (SSSR count). The predicted molar refractivity (Wildman–Crippen MR) is 79.8 cm³/mol. The summed E-state index contributed by atoms with van der Waals surface area (Å²) in [6.45, 7) is 5.00. The minimum Gasteiger partial charge on any atom is -0.383 e. The number of aryl methyl sites for hydroxylation is 1. The first-order valence-corrected chi connectivity index (χ1v) is 7.04. The van der Waals surface area contributed by atoms with Crippen LogP contribution >= 0.6 is 0 Å². The first-order chi connectivity index (χ1) is 9.23. The van der Waals surface area contributed by atoms with Crippen LogP contribution in [0.4, 0.5) is 11.6 Å². The summed E-state index contributed by atoms with van der Waals surface area (Å²) in [6, 6.07) is 2.24. The Morgan fingerprint density at radius 3 is 2.53 bits per heavy atom. The number of nitrogens with one attached hydrogen (secondary N) is 2. The minimum atomic E-state index is 0.295. The van der Waals surface area contributed by atoms with E-state index in [0.717, 1.165) is 43.1 Å². The number of methoxy groups -OCH3 is 1. The first-order valence-electron chi connectivity index (χ1n) is 7.04. The highest BCUT2D eigenvalue weighted by Gasteiger charge is 2.10. The molecule has 0 saturated carbocycles. The Labute approximate surface area is 116 Å². The van der Waals surface area contributed by atoms with Crippen molar-refractivity contribution in [1.29, 1.82) is 0 Å². The van der Waals surface area contributed by atoms with Crippen LogP contribution in [0.3, 0.4) is 0 Å². The van der Waals surface area contributed by atoms with Crippen LogP contribution in [0.5, 0.6) is 0 Å². The maximum absolute atomic E-state index is 5.24. The molecule has 0 radical (unpaired) electrons. The van der Waals surface area contributed by atoms with E-state index in [1.54, 1.807) is 7.11 Å². The standard InChI is InChI=1S/C14H26N4O/c1-5-7-11(10-19-4)16-14-9-13(15-3)17-12(18-14)8-6-2/h9,11H,5-8,10H2,1-4H3,(H2,15,16,17,18). The third kappa shape index (κ3) is 5.42. The van der Waals surface area contributed by atoms with E-state index < -0.39 is 0 Å². The van der Waals surface area contributed by atoms with Gasteiger partial charge in [0.05, 0.1) is 12.6 Å². The Morgan fingerprint density at radius 1 is 1.21 bits per heavy atom. The zero-order valence-electron chi connectivity index (χ0n) is 12.5. The molecular weight excluding hydrogens is 240 g/mol. The molecular formula is C14H26N4O. The Balaban J connectivity index is 2.81. The summed E-state index contributed by atoms with van der Waals surface area (Å²) >= 11 is 0. The molecule has 1 unspecified atom stereocenters. The summed E-state index contributed by atoms with van der Waals surface area (Å²) in [7, 11) is 3.60. The zero-order chi connectivity index (χ0) is 14.1. The Bertz CT molecular complexity index is 364. The molecule has 0 aliphatic carbocycles. The maximum atomic E-state index is 5.24. The topological polar surface area (TPSA) is 59.1 Å². The predicted octanol–water partition coefficient (Wildman–Crippen LogP) is 2.70. The van der Waals surface area contributed by atoms with Crippen LogP contribution in [-0.2, 0) is 11.2 Å². The van der Waals surface area contributed by atoms with E-state index in [9.17, 15) is 0 Å². The number of aromatic nitrogens is 2. The van der Waals surface area contributed by atoms with Crippen LogP contribution in [-0.4, -0.2) is 36.8 Å². The summed E-state index contributed by atoms with van der Waals surface area (Å²) in [5, 5.41) is 6.52. The van der Waals surface area contributed by atoms with Gasteiger partial charge in [-0.1, -0.05) is 20.3 Å². The maximum Gasteiger partial charge on any atom is 0.133 e. The van der Waals surface area contributed by atoms with Gasteiger partial charge in [-0.3, -0.25) is 0 Å². The lowest BCUT2D eigenvalue weighted by atomic mass is 10.2. The molecule has 1 aromatic rings. The lowest BCUT2D eigenvalue weighted by Gasteiger charge is -2.18. The molecule has 0 spiro atoms. The molecule has 1 atom stereocenters. The molecule has 5 heteroatoms. The van der Waals surface area contributed by atoms with E-state index >= 15 is 0 Å². The van der Waals surface area contributed by atoms with Crippen LogP contribution in [0.1, 0.15) is 38.9 Å². The van der Waals surface area contributed by atoms with Gasteiger partial charge in [-0.15, -0.1) is 0 Å². The van der Waals surface area contributed by atoms with Crippen molar-refractivity contribution in [2.45, 2.75) is 45.6 Å². The fourth-order valence-electron chi connectivity index (χ4n) is 1.99. The van der Waals surface area contributed by atoms with E-state index in [2.05, 4.69) is 34.4 Å². The number of ether oxygens (including phenoxy) is 1. The number of hydrogen-bond donors (Lipinski definition) is 2. The van der Waals surface area contributed by atoms with E-state index in [-0.39, 0.29) is 0 Å². The van der Waals surface area contributed by atoms with Crippen LogP contribution in [0.2, 0.25) is 0 Å². The molecule has 0 saturated heterocycles. The molecule has 0 aliphatic rings. The summed E-state index contributed by atoms with van der Waals surface area (Å²) in [4.78, 5) is 9.01. The van der Waals surface area contributed by atoms with Gasteiger partial charge in [-0.2, -0.15) is 0 Å². The van der Waals surface area contributed by atoms with Gasteiger partial charge in [0.1, 0.15) is 17.5 Å². The highest BCUT2D eigenvalue weighted by molar-refractivity contribution is 5.47. The molecule has 2 N–H and O–H groups in total. The minimum absolute atomic E-state index is 0.295. The van der Waals surface area contributed by atoms with Crippen molar-refractivity contribution in [1.82, 2.24) is 9.97 Å². The Morgan fingerprint density at radius 2 is 1.95 bits per heavy atom. The fraction of sp³-hybridized carbons (Fsp3) is 0.714. The van der Waals surface area contributed by atoms with Crippen LogP contribution in [0.15, 0.2) is 6.07 Å². The van der Waals surface area contributed by atoms with Crippen LogP contribution < -0.4 is 10.6 Å². The van der Waals surface area contributed by atoms with E-state index in [0.29, 0.717) is 12.6 Å². The molecule has 19 heavy (non-hydrogen) atoms. The number of rotatable bonds is 9. The molecule has 5 nitrogen and oxygen atoms in total. The van der Waals surface area contributed by atoms with Gasteiger partial charge in [0, 0.05) is 26.6 Å². The SMILES string of the molecule is CCCc1nc(NC)cc(NC(CCC)COC)n1. The van der Waals surface area contributed by atoms with Gasteiger partial charge >= 0.3 is 0 Å². The largest absolute Gasteiger partial charge is 0.383 e. The smallest absolute Gasteiger partial charge is 0.133 e. The summed E-state index contributed by atoms with van der Waals surface area (Å²) in [5.74, 6) is 2.61. The van der Waals surface area contributed by atoms with Crippen molar-refractivity contribution in [3.05, 3.63) is 11.9 Å². The summed E-state index contributed by atoms with van der Waals surface area (Å²) in [5.41, 5.74) is 0. The second-order valence-electron chi connectivity index (χ2n) is 4.64. The third-order valence-electron chi connectivity index (χ3n) is 2.86. The highest BCUT2D eigenvalue weighted by Crippen LogP contribution is 2.14. The summed E-state index contributed by atoms with van der Waals surface area (Å²) in [6.07, 6.45) is 4.12. The normalized spacial score (nSPS) is 12.2. The van der Waals surface area contributed by atoms with Gasteiger partial charge in [-0.05, 0) is 12.8 Å².